The second-order valence-corrected chi connectivity index (χ2v) is 4.60. The van der Waals surface area contributed by atoms with Gasteiger partial charge >= 0.3 is 0 Å². The molecule has 0 aliphatic heterocycles. The van der Waals surface area contributed by atoms with Crippen molar-refractivity contribution in [1.29, 1.82) is 0 Å². The predicted octanol–water partition coefficient (Wildman–Crippen LogP) is 1.63. The highest BCUT2D eigenvalue weighted by atomic mass is 16.1. The number of hydrogen-bond acceptors (Lipinski definition) is 3. The summed E-state index contributed by atoms with van der Waals surface area (Å²) in [6.07, 6.45) is 0.654. The van der Waals surface area contributed by atoms with Crippen LogP contribution in [0, 0.1) is 13.8 Å². The van der Waals surface area contributed by atoms with Crippen molar-refractivity contribution in [3.8, 4) is 0 Å². The molecule has 1 aromatic carbocycles. The van der Waals surface area contributed by atoms with E-state index in [1.54, 1.807) is 6.92 Å². The third-order valence-corrected chi connectivity index (χ3v) is 3.22. The molecule has 0 unspecified atom stereocenters. The minimum atomic E-state index is -0.0886. The molecule has 0 aliphatic carbocycles. The van der Waals surface area contributed by atoms with E-state index >= 15 is 0 Å². The fourth-order valence-corrected chi connectivity index (χ4v) is 2.02. The maximum Gasteiger partial charge on any atom is 0.277 e. The van der Waals surface area contributed by atoms with Gasteiger partial charge in [-0.05, 0) is 19.4 Å². The predicted molar refractivity (Wildman–Crippen MR) is 72.3 cm³/mol. The van der Waals surface area contributed by atoms with E-state index in [9.17, 15) is 4.79 Å². The van der Waals surface area contributed by atoms with Gasteiger partial charge in [0.15, 0.2) is 0 Å². The lowest BCUT2D eigenvalue weighted by atomic mass is 10.1. The van der Waals surface area contributed by atoms with E-state index in [4.69, 9.17) is 0 Å². The van der Waals surface area contributed by atoms with Gasteiger partial charge in [-0.25, -0.2) is 4.98 Å². The summed E-state index contributed by atoms with van der Waals surface area (Å²) in [7, 11) is 0. The van der Waals surface area contributed by atoms with Crippen LogP contribution in [0.3, 0.4) is 0 Å². The van der Waals surface area contributed by atoms with E-state index in [1.165, 1.54) is 4.52 Å². The van der Waals surface area contributed by atoms with Gasteiger partial charge < -0.3 is 0 Å². The van der Waals surface area contributed by atoms with Gasteiger partial charge in [0, 0.05) is 17.7 Å². The van der Waals surface area contributed by atoms with Crippen molar-refractivity contribution in [2.24, 2.45) is 0 Å². The summed E-state index contributed by atoms with van der Waals surface area (Å²) in [5, 5.41) is 3.01. The summed E-state index contributed by atoms with van der Waals surface area (Å²) < 4.78 is 1.40. The zero-order valence-electron chi connectivity index (χ0n) is 10.8. The lowest BCUT2D eigenvalue weighted by Crippen LogP contribution is -2.19. The molecule has 1 N–H and O–H groups in total. The van der Waals surface area contributed by atoms with Crippen LogP contribution in [-0.4, -0.2) is 19.6 Å². The van der Waals surface area contributed by atoms with Gasteiger partial charge in [-0.15, -0.1) is 0 Å². The van der Waals surface area contributed by atoms with Crippen LogP contribution < -0.4 is 5.56 Å². The second kappa shape index (κ2) is 4.35. The fourth-order valence-electron chi connectivity index (χ4n) is 2.02. The third kappa shape index (κ3) is 2.03. The summed E-state index contributed by atoms with van der Waals surface area (Å²) >= 11 is 0. The number of aryl methyl sites for hydroxylation is 1. The number of hydrogen-bond donors (Lipinski definition) is 1. The lowest BCUT2D eigenvalue weighted by Gasteiger charge is -1.97. The first-order valence-electron chi connectivity index (χ1n) is 6.14. The minimum absolute atomic E-state index is 0.0886. The summed E-state index contributed by atoms with van der Waals surface area (Å²) in [5.74, 6) is 1.17. The standard InChI is InChI=1S/C14H14N4O/c1-9-10(2)15-14-16-12(17-18(14)13(9)19)8-11-6-4-3-5-7-11/h3-7H,8H2,1-2H3,(H,15,16,17). The lowest BCUT2D eigenvalue weighted by molar-refractivity contribution is 0.846. The molecule has 0 bridgehead atoms. The molecule has 0 radical (unpaired) electrons. The van der Waals surface area contributed by atoms with Gasteiger partial charge in [-0.2, -0.15) is 9.50 Å². The summed E-state index contributed by atoms with van der Waals surface area (Å²) in [6.45, 7) is 3.59. The Kier molecular flexibility index (Phi) is 2.67. The van der Waals surface area contributed by atoms with E-state index < -0.39 is 0 Å². The largest absolute Gasteiger partial charge is 0.277 e. The maximum atomic E-state index is 12.1. The van der Waals surface area contributed by atoms with Crippen LogP contribution in [0.15, 0.2) is 35.1 Å². The molecule has 0 spiro atoms. The van der Waals surface area contributed by atoms with Crippen molar-refractivity contribution in [2.45, 2.75) is 20.3 Å². The highest BCUT2D eigenvalue weighted by molar-refractivity contribution is 5.32. The third-order valence-electron chi connectivity index (χ3n) is 3.22. The molecule has 2 heterocycles. The van der Waals surface area contributed by atoms with Crippen LogP contribution in [0.4, 0.5) is 0 Å². The number of aromatic amines is 1. The Morgan fingerprint density at radius 3 is 2.63 bits per heavy atom. The van der Waals surface area contributed by atoms with Gasteiger partial charge in [0.1, 0.15) is 5.82 Å². The Morgan fingerprint density at radius 1 is 1.16 bits per heavy atom. The molecule has 5 heteroatoms. The Morgan fingerprint density at radius 2 is 1.89 bits per heavy atom. The first-order chi connectivity index (χ1) is 9.15. The first kappa shape index (κ1) is 11.6. The maximum absolute atomic E-state index is 12.1. The zero-order valence-corrected chi connectivity index (χ0v) is 10.8. The molecule has 0 amide bonds. The van der Waals surface area contributed by atoms with Crippen LogP contribution in [0.2, 0.25) is 0 Å². The number of nitrogens with one attached hydrogen (secondary N) is 1. The molecule has 0 aliphatic rings. The second-order valence-electron chi connectivity index (χ2n) is 4.60. The molecule has 0 atom stereocenters. The van der Waals surface area contributed by atoms with E-state index in [-0.39, 0.29) is 5.56 Å². The number of benzene rings is 1. The monoisotopic (exact) mass is 254 g/mol. The number of H-pyrrole nitrogens is 1. The molecule has 96 valence electrons. The normalized spacial score (nSPS) is 11.1. The Hall–Kier alpha value is -2.43. The van der Waals surface area contributed by atoms with Crippen molar-refractivity contribution < 1.29 is 0 Å². The van der Waals surface area contributed by atoms with Crippen molar-refractivity contribution in [3.63, 3.8) is 0 Å². The molecule has 5 nitrogen and oxygen atoms in total. The number of nitrogens with zero attached hydrogens (tertiary/aromatic N) is 3. The number of fused-ring (bicyclic) bond motifs is 1. The Balaban J connectivity index is 2.08. The molecular formula is C14H14N4O. The highest BCUT2D eigenvalue weighted by Crippen LogP contribution is 2.06. The van der Waals surface area contributed by atoms with Crippen molar-refractivity contribution in [3.05, 3.63) is 63.3 Å². The van der Waals surface area contributed by atoms with E-state index in [0.717, 1.165) is 17.1 Å². The van der Waals surface area contributed by atoms with Crippen LogP contribution in [0.25, 0.3) is 5.78 Å². The smallest absolute Gasteiger partial charge is 0.275 e. The molecule has 3 rings (SSSR count). The quantitative estimate of drug-likeness (QED) is 0.756. The summed E-state index contributed by atoms with van der Waals surface area (Å²) in [5.41, 5.74) is 2.42. The van der Waals surface area contributed by atoms with Gasteiger partial charge in [0.05, 0.1) is 0 Å². The van der Waals surface area contributed by atoms with Gasteiger partial charge in [0.2, 0.25) is 0 Å². The van der Waals surface area contributed by atoms with Crippen molar-refractivity contribution in [1.82, 2.24) is 19.6 Å². The van der Waals surface area contributed by atoms with Gasteiger partial charge in [-0.3, -0.25) is 9.89 Å². The highest BCUT2D eigenvalue weighted by Gasteiger charge is 2.10. The van der Waals surface area contributed by atoms with Crippen LogP contribution in [0.5, 0.6) is 0 Å². The average Bonchev–Trinajstić information content (AvgIpc) is 2.80. The van der Waals surface area contributed by atoms with Crippen molar-refractivity contribution >= 4 is 5.78 Å². The molecule has 0 fully saturated rings. The molecule has 19 heavy (non-hydrogen) atoms. The molecule has 3 aromatic rings. The van der Waals surface area contributed by atoms with Crippen LogP contribution >= 0.6 is 0 Å². The SMILES string of the molecule is Cc1nc2nc(Cc3ccccc3)[nH]n2c(=O)c1C. The fraction of sp³-hybridized carbons (Fsp3) is 0.214. The zero-order chi connectivity index (χ0) is 13.4. The summed E-state index contributed by atoms with van der Waals surface area (Å²) in [6, 6.07) is 9.99. The van der Waals surface area contributed by atoms with Crippen LogP contribution in [-0.2, 0) is 6.42 Å². The van der Waals surface area contributed by atoms with Gasteiger partial charge in [-0.1, -0.05) is 30.3 Å². The van der Waals surface area contributed by atoms with Crippen molar-refractivity contribution in [2.75, 3.05) is 0 Å². The number of aromatic nitrogens is 4. The van der Waals surface area contributed by atoms with Gasteiger partial charge in [0.25, 0.3) is 11.3 Å². The van der Waals surface area contributed by atoms with E-state index in [2.05, 4.69) is 15.1 Å². The Bertz CT molecular complexity index is 786. The molecule has 2 aromatic heterocycles. The van der Waals surface area contributed by atoms with E-state index in [0.29, 0.717) is 17.8 Å². The minimum Gasteiger partial charge on any atom is -0.275 e. The molecule has 0 saturated heterocycles. The molecular weight excluding hydrogens is 240 g/mol. The van der Waals surface area contributed by atoms with E-state index in [1.807, 2.05) is 37.3 Å². The molecule has 0 saturated carbocycles. The Labute approximate surface area is 109 Å². The number of rotatable bonds is 2. The first-order valence-corrected chi connectivity index (χ1v) is 6.14. The topological polar surface area (TPSA) is 63.1 Å². The average molecular weight is 254 g/mol. The summed E-state index contributed by atoms with van der Waals surface area (Å²) in [4.78, 5) is 20.8. The van der Waals surface area contributed by atoms with Crippen LogP contribution in [0.1, 0.15) is 22.6 Å².